The van der Waals surface area contributed by atoms with E-state index < -0.39 is 67.0 Å². The number of aryl methyl sites for hydroxylation is 2. The van der Waals surface area contributed by atoms with E-state index in [9.17, 15) is 40.9 Å². The molecule has 8 N–H and O–H groups in total. The number of rotatable bonds is 9. The van der Waals surface area contributed by atoms with E-state index in [2.05, 4.69) is 4.98 Å². The van der Waals surface area contributed by atoms with Gasteiger partial charge in [-0.1, -0.05) is 6.07 Å². The van der Waals surface area contributed by atoms with Crippen LogP contribution in [0.2, 0.25) is 0 Å². The zero-order chi connectivity index (χ0) is 34.3. The second-order valence-electron chi connectivity index (χ2n) is 12.7. The van der Waals surface area contributed by atoms with Crippen molar-refractivity contribution in [2.24, 2.45) is 0 Å². The molecule has 0 spiro atoms. The lowest BCUT2D eigenvalue weighted by atomic mass is 9.87. The molecule has 0 saturated carbocycles. The lowest BCUT2D eigenvalue weighted by molar-refractivity contribution is -0.314. The van der Waals surface area contributed by atoms with Crippen LogP contribution in [0, 0.1) is 13.8 Å². The van der Waals surface area contributed by atoms with Gasteiger partial charge in [0.2, 0.25) is 12.6 Å². The lowest BCUT2D eigenvalue weighted by Crippen LogP contribution is -2.66. The first-order chi connectivity index (χ1) is 22.2. The summed E-state index contributed by atoms with van der Waals surface area (Å²) in [5.41, 5.74) is 0.716. The number of benzene rings is 2. The average Bonchev–Trinajstić information content (AvgIpc) is 3.04. The second-order valence-corrected chi connectivity index (χ2v) is 12.7. The van der Waals surface area contributed by atoms with Gasteiger partial charge in [0.25, 0.3) is 0 Å². The van der Waals surface area contributed by atoms with Gasteiger partial charge in [-0.15, -0.1) is 0 Å². The Kier molecular flexibility index (Phi) is 10.3. The summed E-state index contributed by atoms with van der Waals surface area (Å²) in [5.74, 6) is 0.770. The monoisotopic (exact) mass is 657 g/mol. The summed E-state index contributed by atoms with van der Waals surface area (Å²) in [7, 11) is 0. The number of aliphatic hydroxyl groups is 8. The highest BCUT2D eigenvalue weighted by molar-refractivity contribution is 5.72. The molecule has 0 bridgehead atoms. The quantitative estimate of drug-likeness (QED) is 0.158. The van der Waals surface area contributed by atoms with E-state index in [1.165, 1.54) is 13.8 Å². The predicted octanol–water partition coefficient (Wildman–Crippen LogP) is 0.560. The van der Waals surface area contributed by atoms with Crippen LogP contribution < -0.4 is 9.47 Å². The van der Waals surface area contributed by atoms with Crippen molar-refractivity contribution in [3.63, 3.8) is 0 Å². The van der Waals surface area contributed by atoms with Crippen molar-refractivity contribution in [2.45, 2.75) is 94.5 Å². The van der Waals surface area contributed by atoms with E-state index >= 15 is 0 Å². The Hall–Kier alpha value is -3.21. The number of nitrogens with zero attached hydrogens (tertiary/aromatic N) is 1. The second kappa shape index (κ2) is 13.7. The number of aliphatic hydroxyl groups excluding tert-OH is 6. The zero-order valence-corrected chi connectivity index (χ0v) is 26.6. The molecule has 3 heterocycles. The summed E-state index contributed by atoms with van der Waals surface area (Å²) in [5, 5.41) is 81.9. The molecule has 2 fully saturated rings. The van der Waals surface area contributed by atoms with Gasteiger partial charge in [-0.3, -0.25) is 4.98 Å². The van der Waals surface area contributed by atoms with Crippen LogP contribution in [0.1, 0.15) is 31.4 Å². The highest BCUT2D eigenvalue weighted by atomic mass is 16.7. The van der Waals surface area contributed by atoms with Gasteiger partial charge in [0.1, 0.15) is 42.0 Å². The lowest BCUT2D eigenvalue weighted by Gasteiger charge is -2.46. The van der Waals surface area contributed by atoms with Gasteiger partial charge >= 0.3 is 0 Å². The zero-order valence-electron chi connectivity index (χ0n) is 26.6. The fraction of sp³-hybridized carbons (Fsp3) is 0.500. The molecule has 2 aliphatic rings. The first-order valence-electron chi connectivity index (χ1n) is 15.4. The largest absolute Gasteiger partial charge is 0.461 e. The van der Waals surface area contributed by atoms with Crippen molar-refractivity contribution in [1.82, 2.24) is 4.98 Å². The van der Waals surface area contributed by atoms with Gasteiger partial charge in [0.05, 0.1) is 18.4 Å². The van der Waals surface area contributed by atoms with Crippen LogP contribution in [0.25, 0.3) is 22.4 Å². The van der Waals surface area contributed by atoms with Crippen LogP contribution in [0.4, 0.5) is 0 Å². The van der Waals surface area contributed by atoms with Crippen molar-refractivity contribution >= 4 is 0 Å². The van der Waals surface area contributed by atoms with Crippen molar-refractivity contribution < 1.29 is 59.8 Å². The Morgan fingerprint density at radius 1 is 0.702 bits per heavy atom. The van der Waals surface area contributed by atoms with Crippen LogP contribution in [0.5, 0.6) is 11.5 Å². The maximum atomic E-state index is 10.9. The molecule has 0 aliphatic carbocycles. The van der Waals surface area contributed by atoms with E-state index in [1.807, 2.05) is 37.3 Å². The maximum Gasteiger partial charge on any atom is 0.231 e. The predicted molar refractivity (Wildman–Crippen MR) is 167 cm³/mol. The fourth-order valence-electron chi connectivity index (χ4n) is 5.84. The van der Waals surface area contributed by atoms with Crippen molar-refractivity contribution in [3.8, 4) is 33.9 Å². The van der Waals surface area contributed by atoms with Crippen LogP contribution in [0.15, 0.2) is 54.7 Å². The summed E-state index contributed by atoms with van der Waals surface area (Å²) in [6, 6.07) is 14.5. The number of hydrogen-bond acceptors (Lipinski definition) is 13. The molecule has 0 unspecified atom stereocenters. The van der Waals surface area contributed by atoms with Crippen LogP contribution in [0.3, 0.4) is 0 Å². The first kappa shape index (κ1) is 35.1. The smallest absolute Gasteiger partial charge is 0.231 e. The summed E-state index contributed by atoms with van der Waals surface area (Å²) in [4.78, 5) is 4.53. The summed E-state index contributed by atoms with van der Waals surface area (Å²) in [6.45, 7) is 5.39. The van der Waals surface area contributed by atoms with Gasteiger partial charge in [-0.2, -0.15) is 0 Å². The number of hydrogen-bond donors (Lipinski definition) is 8. The van der Waals surface area contributed by atoms with E-state index in [0.29, 0.717) is 22.8 Å². The molecule has 3 aromatic rings. The van der Waals surface area contributed by atoms with Crippen molar-refractivity contribution in [1.29, 1.82) is 0 Å². The third-order valence-electron chi connectivity index (χ3n) is 8.96. The van der Waals surface area contributed by atoms with Gasteiger partial charge < -0.3 is 59.8 Å². The van der Waals surface area contributed by atoms with E-state index in [1.54, 1.807) is 31.3 Å². The minimum absolute atomic E-state index is 0.0585. The number of pyridine rings is 1. The van der Waals surface area contributed by atoms with E-state index in [0.717, 1.165) is 22.3 Å². The molecule has 13 nitrogen and oxygen atoms in total. The molecule has 1 aromatic heterocycles. The highest BCUT2D eigenvalue weighted by Gasteiger charge is 2.54. The molecule has 256 valence electrons. The topological polar surface area (TPSA) is 212 Å². The molecular formula is C34H43NO12. The summed E-state index contributed by atoms with van der Waals surface area (Å²) in [6.07, 6.45) is -8.99. The van der Waals surface area contributed by atoms with Crippen molar-refractivity contribution in [2.75, 3.05) is 13.2 Å². The minimum Gasteiger partial charge on any atom is -0.461 e. The molecule has 2 aliphatic heterocycles. The third-order valence-corrected chi connectivity index (χ3v) is 8.96. The Morgan fingerprint density at radius 2 is 1.19 bits per heavy atom. The molecule has 2 aromatic carbocycles. The van der Waals surface area contributed by atoms with Gasteiger partial charge in [0, 0.05) is 18.4 Å². The molecule has 47 heavy (non-hydrogen) atoms. The highest BCUT2D eigenvalue weighted by Crippen LogP contribution is 2.37. The number of aromatic nitrogens is 1. The SMILES string of the molecule is Cc1cc(-c2cc(-c3ccc(O[C@H]4O[C@H](CCO)[C@@H](O)[C@H](O)[C@]4(C)O)c(C)c3)ccn2)ccc1O[C@H]1O[C@H](CO)[C@@H](O)[C@H](O)[C@]1(C)O. The maximum absolute atomic E-state index is 10.9. The van der Waals surface area contributed by atoms with Crippen LogP contribution in [-0.4, -0.2) is 119 Å². The molecule has 0 amide bonds. The Balaban J connectivity index is 1.33. The van der Waals surface area contributed by atoms with Crippen LogP contribution in [-0.2, 0) is 9.47 Å². The van der Waals surface area contributed by atoms with E-state index in [-0.39, 0.29) is 13.0 Å². The average molecular weight is 658 g/mol. The third kappa shape index (κ3) is 6.87. The molecule has 10 atom stereocenters. The first-order valence-corrected chi connectivity index (χ1v) is 15.4. The standard InChI is InChI=1S/C34H43NO12/c1-17-13-19(5-7-23(17)44-31-33(3,42)29(40)27(38)25(46-31)10-12-36)20-9-11-35-22(15-20)21-6-8-24(18(2)14-21)45-32-34(4,43)30(41)28(39)26(16-37)47-32/h5-9,11,13-15,25-32,36-43H,10,12,16H2,1-4H3/t25-,26-,27-,28-,29+,30+,31+,32+,33+,34+/m1/s1. The molecule has 13 heteroatoms. The molecular weight excluding hydrogens is 614 g/mol. The van der Waals surface area contributed by atoms with Crippen molar-refractivity contribution in [3.05, 3.63) is 65.9 Å². The van der Waals surface area contributed by atoms with Gasteiger partial charge in [-0.25, -0.2) is 0 Å². The summed E-state index contributed by atoms with van der Waals surface area (Å²) >= 11 is 0. The Morgan fingerprint density at radius 3 is 1.72 bits per heavy atom. The molecule has 2 saturated heterocycles. The molecule has 0 radical (unpaired) electrons. The van der Waals surface area contributed by atoms with Gasteiger partial charge in [0.15, 0.2) is 11.2 Å². The fourth-order valence-corrected chi connectivity index (χ4v) is 5.84. The normalized spacial score (nSPS) is 34.2. The van der Waals surface area contributed by atoms with Gasteiger partial charge in [-0.05, 0) is 98.8 Å². The Labute approximate surface area is 272 Å². The van der Waals surface area contributed by atoms with Crippen LogP contribution >= 0.6 is 0 Å². The Bertz CT molecular complexity index is 1550. The number of ether oxygens (including phenoxy) is 4. The minimum atomic E-state index is -1.95. The summed E-state index contributed by atoms with van der Waals surface area (Å²) < 4.78 is 23.2. The molecule has 5 rings (SSSR count). The van der Waals surface area contributed by atoms with E-state index in [4.69, 9.17) is 18.9 Å².